The molecule has 0 bridgehead atoms. The van der Waals surface area contributed by atoms with Crippen LogP contribution in [0.5, 0.6) is 11.5 Å². The Balaban J connectivity index is 2.60. The van der Waals surface area contributed by atoms with E-state index in [-0.39, 0.29) is 5.54 Å². The summed E-state index contributed by atoms with van der Waals surface area (Å²) < 4.78 is 11.2. The summed E-state index contributed by atoms with van der Waals surface area (Å²) in [5.74, 6) is 2.76. The molecule has 0 saturated carbocycles. The second-order valence-corrected chi connectivity index (χ2v) is 6.77. The molecule has 20 heavy (non-hydrogen) atoms. The number of methoxy groups -OCH3 is 1. The summed E-state index contributed by atoms with van der Waals surface area (Å²) in [6.45, 7) is 8.04. The van der Waals surface area contributed by atoms with Crippen LogP contribution in [0.3, 0.4) is 0 Å². The number of ether oxygens (including phenoxy) is 2. The van der Waals surface area contributed by atoms with E-state index in [0.717, 1.165) is 36.8 Å². The van der Waals surface area contributed by atoms with Gasteiger partial charge in [0.05, 0.1) is 13.7 Å². The van der Waals surface area contributed by atoms with Crippen LogP contribution >= 0.6 is 11.8 Å². The highest BCUT2D eigenvalue weighted by molar-refractivity contribution is 7.98. The molecule has 1 aromatic carbocycles. The first kappa shape index (κ1) is 17.2. The van der Waals surface area contributed by atoms with Gasteiger partial charge in [0.25, 0.3) is 0 Å². The smallest absolute Gasteiger partial charge is 0.161 e. The fourth-order valence-electron chi connectivity index (χ4n) is 1.69. The van der Waals surface area contributed by atoms with Gasteiger partial charge in [-0.15, -0.1) is 0 Å². The normalized spacial score (nSPS) is 11.4. The van der Waals surface area contributed by atoms with E-state index < -0.39 is 0 Å². The summed E-state index contributed by atoms with van der Waals surface area (Å²) in [6.07, 6.45) is 3.16. The van der Waals surface area contributed by atoms with E-state index in [1.807, 2.05) is 23.9 Å². The number of nitrogens with one attached hydrogen (secondary N) is 1. The van der Waals surface area contributed by atoms with E-state index in [4.69, 9.17) is 9.47 Å². The van der Waals surface area contributed by atoms with Crippen molar-refractivity contribution in [2.45, 2.75) is 39.3 Å². The lowest BCUT2D eigenvalue weighted by molar-refractivity contribution is 0.295. The first-order valence-corrected chi connectivity index (χ1v) is 8.39. The van der Waals surface area contributed by atoms with Gasteiger partial charge in [0.15, 0.2) is 11.5 Å². The molecule has 0 radical (unpaired) electrons. The van der Waals surface area contributed by atoms with Crippen LogP contribution in [0.4, 0.5) is 0 Å². The van der Waals surface area contributed by atoms with Crippen LogP contribution in [0, 0.1) is 0 Å². The summed E-state index contributed by atoms with van der Waals surface area (Å²) in [7, 11) is 1.69. The van der Waals surface area contributed by atoms with Crippen LogP contribution in [0.25, 0.3) is 0 Å². The second-order valence-electron chi connectivity index (χ2n) is 5.78. The van der Waals surface area contributed by atoms with E-state index in [2.05, 4.69) is 38.4 Å². The lowest BCUT2D eigenvalue weighted by atomic mass is 10.1. The Labute approximate surface area is 127 Å². The molecule has 1 rings (SSSR count). The minimum Gasteiger partial charge on any atom is -0.493 e. The van der Waals surface area contributed by atoms with E-state index >= 15 is 0 Å². The fraction of sp³-hybridized carbons (Fsp3) is 0.625. The van der Waals surface area contributed by atoms with Gasteiger partial charge < -0.3 is 14.8 Å². The highest BCUT2D eigenvalue weighted by Gasteiger charge is 2.10. The third-order valence-electron chi connectivity index (χ3n) is 2.80. The molecule has 0 amide bonds. The van der Waals surface area contributed by atoms with Crippen molar-refractivity contribution in [3.05, 3.63) is 23.8 Å². The zero-order chi connectivity index (χ0) is 15.0. The predicted octanol–water partition coefficient (Wildman–Crippen LogP) is 3.72. The Bertz CT molecular complexity index is 402. The molecule has 0 unspecified atom stereocenters. The lowest BCUT2D eigenvalue weighted by Crippen LogP contribution is -2.35. The Hall–Kier alpha value is -0.870. The van der Waals surface area contributed by atoms with Crippen molar-refractivity contribution in [1.29, 1.82) is 0 Å². The zero-order valence-corrected chi connectivity index (χ0v) is 14.1. The van der Waals surface area contributed by atoms with Gasteiger partial charge in [0, 0.05) is 12.1 Å². The monoisotopic (exact) mass is 297 g/mol. The van der Waals surface area contributed by atoms with Gasteiger partial charge in [-0.3, -0.25) is 0 Å². The lowest BCUT2D eigenvalue weighted by Gasteiger charge is -2.21. The van der Waals surface area contributed by atoms with Gasteiger partial charge in [0.2, 0.25) is 0 Å². The van der Waals surface area contributed by atoms with E-state index in [9.17, 15) is 0 Å². The van der Waals surface area contributed by atoms with Crippen molar-refractivity contribution in [1.82, 2.24) is 5.32 Å². The van der Waals surface area contributed by atoms with Gasteiger partial charge >= 0.3 is 0 Å². The van der Waals surface area contributed by atoms with Crippen LogP contribution < -0.4 is 14.8 Å². The number of thioether (sulfide) groups is 1. The zero-order valence-electron chi connectivity index (χ0n) is 13.3. The Morgan fingerprint density at radius 2 is 1.95 bits per heavy atom. The average molecular weight is 297 g/mol. The molecule has 0 heterocycles. The largest absolute Gasteiger partial charge is 0.493 e. The minimum absolute atomic E-state index is 0.111. The Kier molecular flexibility index (Phi) is 7.24. The molecule has 0 aliphatic heterocycles. The molecule has 4 heteroatoms. The topological polar surface area (TPSA) is 30.5 Å². The summed E-state index contributed by atoms with van der Waals surface area (Å²) in [4.78, 5) is 0. The molecular formula is C16H27NO2S. The van der Waals surface area contributed by atoms with Gasteiger partial charge in [-0.25, -0.2) is 0 Å². The van der Waals surface area contributed by atoms with Crippen molar-refractivity contribution >= 4 is 11.8 Å². The van der Waals surface area contributed by atoms with Crippen LogP contribution in [-0.4, -0.2) is 31.3 Å². The van der Waals surface area contributed by atoms with Crippen molar-refractivity contribution in [2.24, 2.45) is 0 Å². The molecule has 0 aromatic heterocycles. The maximum Gasteiger partial charge on any atom is 0.161 e. The molecule has 0 saturated heterocycles. The molecule has 0 aliphatic rings. The predicted molar refractivity (Wildman–Crippen MR) is 88.1 cm³/mol. The first-order chi connectivity index (χ1) is 9.46. The SMILES string of the molecule is COc1cc(CNC(C)(C)C)ccc1OCCCSC. The third kappa shape index (κ3) is 6.53. The van der Waals surface area contributed by atoms with Gasteiger partial charge in [0.1, 0.15) is 0 Å². The van der Waals surface area contributed by atoms with Gasteiger partial charge in [-0.1, -0.05) is 6.07 Å². The van der Waals surface area contributed by atoms with Gasteiger partial charge in [-0.2, -0.15) is 11.8 Å². The quantitative estimate of drug-likeness (QED) is 0.741. The van der Waals surface area contributed by atoms with E-state index in [1.165, 1.54) is 5.56 Å². The number of hydrogen-bond acceptors (Lipinski definition) is 4. The molecule has 0 atom stereocenters. The van der Waals surface area contributed by atoms with E-state index in [1.54, 1.807) is 7.11 Å². The average Bonchev–Trinajstić information content (AvgIpc) is 2.41. The highest BCUT2D eigenvalue weighted by atomic mass is 32.2. The van der Waals surface area contributed by atoms with Crippen LogP contribution in [0.2, 0.25) is 0 Å². The summed E-state index contributed by atoms with van der Waals surface area (Å²) in [5.41, 5.74) is 1.31. The molecular weight excluding hydrogens is 270 g/mol. The van der Waals surface area contributed by atoms with Crippen molar-refractivity contribution in [2.75, 3.05) is 25.7 Å². The molecule has 1 aromatic rings. The van der Waals surface area contributed by atoms with Crippen molar-refractivity contribution in [3.8, 4) is 11.5 Å². The van der Waals surface area contributed by atoms with Crippen LogP contribution in [-0.2, 0) is 6.54 Å². The van der Waals surface area contributed by atoms with Crippen molar-refractivity contribution < 1.29 is 9.47 Å². The standard InChI is InChI=1S/C16H27NO2S/c1-16(2,3)17-12-13-7-8-14(15(11-13)18-4)19-9-6-10-20-5/h7-8,11,17H,6,9-10,12H2,1-5H3. The minimum atomic E-state index is 0.111. The maximum atomic E-state index is 5.77. The van der Waals surface area contributed by atoms with Gasteiger partial charge in [-0.05, 0) is 56.9 Å². The molecule has 0 spiro atoms. The maximum absolute atomic E-state index is 5.77. The van der Waals surface area contributed by atoms with E-state index in [0.29, 0.717) is 0 Å². The van der Waals surface area contributed by atoms with Crippen LogP contribution in [0.15, 0.2) is 18.2 Å². The Morgan fingerprint density at radius 3 is 2.55 bits per heavy atom. The fourth-order valence-corrected chi connectivity index (χ4v) is 2.10. The summed E-state index contributed by atoms with van der Waals surface area (Å²) in [5, 5.41) is 3.47. The molecule has 0 aliphatic carbocycles. The Morgan fingerprint density at radius 1 is 1.20 bits per heavy atom. The number of rotatable bonds is 8. The third-order valence-corrected chi connectivity index (χ3v) is 3.50. The van der Waals surface area contributed by atoms with Crippen LogP contribution in [0.1, 0.15) is 32.8 Å². The highest BCUT2D eigenvalue weighted by Crippen LogP contribution is 2.28. The second kappa shape index (κ2) is 8.42. The molecule has 0 fully saturated rings. The number of benzene rings is 1. The first-order valence-electron chi connectivity index (χ1n) is 7.00. The summed E-state index contributed by atoms with van der Waals surface area (Å²) in [6, 6.07) is 6.13. The summed E-state index contributed by atoms with van der Waals surface area (Å²) >= 11 is 1.84. The molecule has 3 nitrogen and oxygen atoms in total. The van der Waals surface area contributed by atoms with Crippen molar-refractivity contribution in [3.63, 3.8) is 0 Å². The molecule has 1 N–H and O–H groups in total. The molecule has 114 valence electrons. The number of hydrogen-bond donors (Lipinski definition) is 1.